The largest absolute Gasteiger partial charge is 0.382 e. The first kappa shape index (κ1) is 13.4. The number of ether oxygens (including phenoxy) is 1. The summed E-state index contributed by atoms with van der Waals surface area (Å²) in [4.78, 5) is 11.9. The SMILES string of the molecule is C=C(C)C(COC)N(O)C(=O)c1ccccc1. The van der Waals surface area contributed by atoms with Gasteiger partial charge in [0.15, 0.2) is 0 Å². The summed E-state index contributed by atoms with van der Waals surface area (Å²) in [5.74, 6) is -0.462. The summed E-state index contributed by atoms with van der Waals surface area (Å²) in [5.41, 5.74) is 1.09. The van der Waals surface area contributed by atoms with Crippen LogP contribution in [-0.2, 0) is 4.74 Å². The normalized spacial score (nSPS) is 11.9. The van der Waals surface area contributed by atoms with Gasteiger partial charge in [0, 0.05) is 12.7 Å². The fraction of sp³-hybridized carbons (Fsp3) is 0.308. The van der Waals surface area contributed by atoms with Crippen LogP contribution < -0.4 is 0 Å². The molecule has 1 N–H and O–H groups in total. The number of amides is 1. The molecule has 0 fully saturated rings. The van der Waals surface area contributed by atoms with Crippen molar-refractivity contribution in [2.75, 3.05) is 13.7 Å². The molecule has 0 aliphatic heterocycles. The molecule has 0 saturated carbocycles. The molecular weight excluding hydrogens is 218 g/mol. The first-order valence-corrected chi connectivity index (χ1v) is 5.29. The number of hydrogen-bond acceptors (Lipinski definition) is 3. The van der Waals surface area contributed by atoms with Crippen LogP contribution in [0.4, 0.5) is 0 Å². The van der Waals surface area contributed by atoms with E-state index in [0.717, 1.165) is 0 Å². The molecule has 0 aliphatic rings. The van der Waals surface area contributed by atoms with Crippen LogP contribution in [0.3, 0.4) is 0 Å². The molecule has 0 saturated heterocycles. The van der Waals surface area contributed by atoms with Crippen molar-refractivity contribution in [1.82, 2.24) is 5.06 Å². The molecule has 1 unspecified atom stereocenters. The van der Waals surface area contributed by atoms with Crippen LogP contribution in [0.1, 0.15) is 17.3 Å². The third kappa shape index (κ3) is 3.41. The van der Waals surface area contributed by atoms with Crippen LogP contribution >= 0.6 is 0 Å². The molecule has 17 heavy (non-hydrogen) atoms. The molecular formula is C13H17NO3. The first-order chi connectivity index (χ1) is 8.07. The van der Waals surface area contributed by atoms with E-state index in [1.807, 2.05) is 6.07 Å². The van der Waals surface area contributed by atoms with Crippen molar-refractivity contribution in [3.8, 4) is 0 Å². The van der Waals surface area contributed by atoms with Crippen LogP contribution in [0.2, 0.25) is 0 Å². The summed E-state index contributed by atoms with van der Waals surface area (Å²) < 4.78 is 4.96. The van der Waals surface area contributed by atoms with Gasteiger partial charge in [-0.25, -0.2) is 5.06 Å². The van der Waals surface area contributed by atoms with E-state index in [-0.39, 0.29) is 6.61 Å². The number of benzene rings is 1. The van der Waals surface area contributed by atoms with Gasteiger partial charge in [-0.05, 0) is 19.1 Å². The highest BCUT2D eigenvalue weighted by Gasteiger charge is 2.23. The van der Waals surface area contributed by atoms with Crippen molar-refractivity contribution in [2.45, 2.75) is 13.0 Å². The van der Waals surface area contributed by atoms with Crippen LogP contribution in [0.25, 0.3) is 0 Å². The van der Waals surface area contributed by atoms with Gasteiger partial charge in [-0.1, -0.05) is 30.4 Å². The van der Waals surface area contributed by atoms with E-state index >= 15 is 0 Å². The maximum atomic E-state index is 11.9. The van der Waals surface area contributed by atoms with Crippen molar-refractivity contribution >= 4 is 5.91 Å². The predicted octanol–water partition coefficient (Wildman–Crippen LogP) is 2.11. The molecule has 0 aliphatic carbocycles. The number of hydrogen-bond donors (Lipinski definition) is 1. The van der Waals surface area contributed by atoms with Gasteiger partial charge >= 0.3 is 0 Å². The topological polar surface area (TPSA) is 49.8 Å². The van der Waals surface area contributed by atoms with E-state index in [1.165, 1.54) is 7.11 Å². The van der Waals surface area contributed by atoms with E-state index in [1.54, 1.807) is 31.2 Å². The Morgan fingerprint density at radius 2 is 2.06 bits per heavy atom. The third-order valence-electron chi connectivity index (χ3n) is 2.42. The Morgan fingerprint density at radius 1 is 1.47 bits per heavy atom. The van der Waals surface area contributed by atoms with E-state index in [0.29, 0.717) is 16.2 Å². The summed E-state index contributed by atoms with van der Waals surface area (Å²) in [6.07, 6.45) is 0. The quantitative estimate of drug-likeness (QED) is 0.483. The zero-order valence-corrected chi connectivity index (χ0v) is 10.1. The lowest BCUT2D eigenvalue weighted by Gasteiger charge is -2.25. The first-order valence-electron chi connectivity index (χ1n) is 5.29. The van der Waals surface area contributed by atoms with Gasteiger partial charge in [0.25, 0.3) is 5.91 Å². The van der Waals surface area contributed by atoms with Gasteiger partial charge in [-0.3, -0.25) is 10.0 Å². The van der Waals surface area contributed by atoms with Gasteiger partial charge in [-0.15, -0.1) is 0 Å². The number of rotatable bonds is 5. The molecule has 4 heteroatoms. The Balaban J connectivity index is 2.84. The maximum absolute atomic E-state index is 11.9. The lowest BCUT2D eigenvalue weighted by molar-refractivity contribution is -0.0928. The molecule has 0 bridgehead atoms. The van der Waals surface area contributed by atoms with Gasteiger partial charge in [0.2, 0.25) is 0 Å². The Morgan fingerprint density at radius 3 is 2.53 bits per heavy atom. The highest BCUT2D eigenvalue weighted by atomic mass is 16.5. The van der Waals surface area contributed by atoms with Crippen molar-refractivity contribution in [3.05, 3.63) is 48.0 Å². The fourth-order valence-corrected chi connectivity index (χ4v) is 1.43. The second-order valence-electron chi connectivity index (χ2n) is 3.83. The molecule has 1 rings (SSSR count). The van der Waals surface area contributed by atoms with E-state index in [4.69, 9.17) is 4.74 Å². The monoisotopic (exact) mass is 235 g/mol. The summed E-state index contributed by atoms with van der Waals surface area (Å²) in [7, 11) is 1.51. The Kier molecular flexibility index (Phi) is 4.87. The van der Waals surface area contributed by atoms with Gasteiger partial charge in [0.05, 0.1) is 6.61 Å². The van der Waals surface area contributed by atoms with Gasteiger partial charge < -0.3 is 4.74 Å². The number of methoxy groups -OCH3 is 1. The number of hydroxylamine groups is 2. The van der Waals surface area contributed by atoms with Crippen LogP contribution in [-0.4, -0.2) is 35.9 Å². The van der Waals surface area contributed by atoms with Crippen molar-refractivity contribution in [3.63, 3.8) is 0 Å². The number of nitrogens with zero attached hydrogens (tertiary/aromatic N) is 1. The summed E-state index contributed by atoms with van der Waals surface area (Å²) in [6, 6.07) is 8.05. The maximum Gasteiger partial charge on any atom is 0.277 e. The minimum absolute atomic E-state index is 0.213. The molecule has 4 nitrogen and oxygen atoms in total. The zero-order valence-electron chi connectivity index (χ0n) is 10.1. The molecule has 0 spiro atoms. The minimum atomic E-state index is -0.535. The van der Waals surface area contributed by atoms with Crippen molar-refractivity contribution in [2.24, 2.45) is 0 Å². The van der Waals surface area contributed by atoms with Crippen molar-refractivity contribution in [1.29, 1.82) is 0 Å². The van der Waals surface area contributed by atoms with Gasteiger partial charge in [0.1, 0.15) is 6.04 Å². The third-order valence-corrected chi connectivity index (χ3v) is 2.42. The molecule has 0 aromatic heterocycles. The second-order valence-corrected chi connectivity index (χ2v) is 3.83. The molecule has 92 valence electrons. The minimum Gasteiger partial charge on any atom is -0.382 e. The van der Waals surface area contributed by atoms with E-state index < -0.39 is 11.9 Å². The predicted molar refractivity (Wildman–Crippen MR) is 64.9 cm³/mol. The van der Waals surface area contributed by atoms with Crippen LogP contribution in [0.5, 0.6) is 0 Å². The van der Waals surface area contributed by atoms with Crippen LogP contribution in [0.15, 0.2) is 42.5 Å². The Hall–Kier alpha value is -1.65. The average Bonchev–Trinajstić information content (AvgIpc) is 2.35. The lowest BCUT2D eigenvalue weighted by Crippen LogP contribution is -2.41. The molecule has 0 radical (unpaired) electrons. The Bertz CT molecular complexity index is 389. The standard InChI is InChI=1S/C13H17NO3/c1-10(2)12(9-17-3)14(16)13(15)11-7-5-4-6-8-11/h4-8,12,16H,1,9H2,2-3H3. The Labute approximate surface area is 101 Å². The second kappa shape index (κ2) is 6.18. The number of carbonyl (C=O) groups is 1. The van der Waals surface area contributed by atoms with Crippen molar-refractivity contribution < 1.29 is 14.7 Å². The molecule has 1 aromatic rings. The summed E-state index contributed by atoms with van der Waals surface area (Å²) in [5, 5.41) is 10.5. The highest BCUT2D eigenvalue weighted by Crippen LogP contribution is 2.11. The zero-order chi connectivity index (χ0) is 12.8. The smallest absolute Gasteiger partial charge is 0.277 e. The molecule has 0 heterocycles. The number of carbonyl (C=O) groups excluding carboxylic acids is 1. The molecule has 1 atom stereocenters. The lowest BCUT2D eigenvalue weighted by atomic mass is 10.1. The molecule has 1 aromatic carbocycles. The summed E-state index contributed by atoms with van der Waals surface area (Å²) in [6.45, 7) is 5.69. The summed E-state index contributed by atoms with van der Waals surface area (Å²) >= 11 is 0. The van der Waals surface area contributed by atoms with Crippen LogP contribution in [0, 0.1) is 0 Å². The van der Waals surface area contributed by atoms with E-state index in [2.05, 4.69) is 6.58 Å². The van der Waals surface area contributed by atoms with E-state index in [9.17, 15) is 10.0 Å². The van der Waals surface area contributed by atoms with Gasteiger partial charge in [-0.2, -0.15) is 0 Å². The molecule has 1 amide bonds. The highest BCUT2D eigenvalue weighted by molar-refractivity contribution is 5.93. The average molecular weight is 235 g/mol. The fourth-order valence-electron chi connectivity index (χ4n) is 1.43.